The molecule has 0 bridgehead atoms. The highest BCUT2D eigenvalue weighted by Gasteiger charge is 2.18. The van der Waals surface area contributed by atoms with Crippen molar-refractivity contribution in [1.29, 1.82) is 0 Å². The van der Waals surface area contributed by atoms with Crippen LogP contribution in [0.2, 0.25) is 0 Å². The molecule has 3 aromatic rings. The zero-order valence-electron chi connectivity index (χ0n) is 14.7. The molecule has 1 aromatic heterocycles. The van der Waals surface area contributed by atoms with Crippen molar-refractivity contribution in [2.45, 2.75) is 26.9 Å². The summed E-state index contributed by atoms with van der Waals surface area (Å²) in [5.74, 6) is -1.96. The molecule has 0 saturated carbocycles. The monoisotopic (exact) mass is 354 g/mol. The first kappa shape index (κ1) is 17.9. The number of hydrogen-bond acceptors (Lipinski definition) is 1. The van der Waals surface area contributed by atoms with Gasteiger partial charge in [-0.2, -0.15) is 0 Å². The number of halogens is 2. The number of rotatable bonds is 5. The highest BCUT2D eigenvalue weighted by atomic mass is 19.2. The van der Waals surface area contributed by atoms with Crippen molar-refractivity contribution < 1.29 is 13.6 Å². The molecular formula is C21H20F2N2O. The Morgan fingerprint density at radius 3 is 2.38 bits per heavy atom. The molecule has 134 valence electrons. The molecule has 5 heteroatoms. The molecule has 3 rings (SSSR count). The maximum absolute atomic E-state index is 13.5. The van der Waals surface area contributed by atoms with Crippen molar-refractivity contribution in [3.05, 3.63) is 94.3 Å². The average molecular weight is 354 g/mol. The van der Waals surface area contributed by atoms with Crippen molar-refractivity contribution in [3.8, 4) is 0 Å². The summed E-state index contributed by atoms with van der Waals surface area (Å²) in [6, 6.07) is 15.4. The second-order valence-corrected chi connectivity index (χ2v) is 6.32. The second-order valence-electron chi connectivity index (χ2n) is 6.32. The van der Waals surface area contributed by atoms with Crippen LogP contribution in [-0.2, 0) is 13.1 Å². The molecule has 0 saturated heterocycles. The predicted molar refractivity (Wildman–Crippen MR) is 97.0 cm³/mol. The van der Waals surface area contributed by atoms with E-state index in [2.05, 4.69) is 5.32 Å². The predicted octanol–water partition coefficient (Wildman–Crippen LogP) is 4.36. The van der Waals surface area contributed by atoms with E-state index in [9.17, 15) is 13.6 Å². The number of nitrogens with zero attached hydrogens (tertiary/aromatic N) is 1. The smallest absolute Gasteiger partial charge is 0.268 e. The van der Waals surface area contributed by atoms with Gasteiger partial charge < -0.3 is 9.88 Å². The molecule has 0 aliphatic carbocycles. The van der Waals surface area contributed by atoms with Crippen molar-refractivity contribution in [2.24, 2.45) is 0 Å². The third-order valence-corrected chi connectivity index (χ3v) is 4.33. The zero-order valence-corrected chi connectivity index (χ0v) is 14.7. The molecule has 1 N–H and O–H groups in total. The second kappa shape index (κ2) is 7.52. The average Bonchev–Trinajstić information content (AvgIpc) is 2.90. The minimum absolute atomic E-state index is 0.193. The van der Waals surface area contributed by atoms with Crippen LogP contribution in [0.25, 0.3) is 0 Å². The van der Waals surface area contributed by atoms with E-state index < -0.39 is 11.6 Å². The third kappa shape index (κ3) is 3.82. The summed E-state index contributed by atoms with van der Waals surface area (Å²) in [5, 5.41) is 2.92. The Balaban J connectivity index is 1.83. The SMILES string of the molecule is Cc1cc(C)n(Cc2ccc(F)c(F)c2)c1C(=O)NCc1ccccc1. The first-order valence-corrected chi connectivity index (χ1v) is 8.38. The summed E-state index contributed by atoms with van der Waals surface area (Å²) >= 11 is 0. The number of amides is 1. The van der Waals surface area contributed by atoms with Crippen LogP contribution in [0.5, 0.6) is 0 Å². The molecule has 3 nitrogen and oxygen atoms in total. The van der Waals surface area contributed by atoms with E-state index in [4.69, 9.17) is 0 Å². The molecule has 26 heavy (non-hydrogen) atoms. The largest absolute Gasteiger partial charge is 0.347 e. The molecule has 0 atom stereocenters. The minimum Gasteiger partial charge on any atom is -0.347 e. The van der Waals surface area contributed by atoms with Gasteiger partial charge in [-0.1, -0.05) is 36.4 Å². The van der Waals surface area contributed by atoms with Gasteiger partial charge in [-0.05, 0) is 48.7 Å². The highest BCUT2D eigenvalue weighted by Crippen LogP contribution is 2.18. The van der Waals surface area contributed by atoms with E-state index in [1.165, 1.54) is 6.07 Å². The number of benzene rings is 2. The van der Waals surface area contributed by atoms with Crippen molar-refractivity contribution in [2.75, 3.05) is 0 Å². The first-order chi connectivity index (χ1) is 12.5. The van der Waals surface area contributed by atoms with Gasteiger partial charge in [0.25, 0.3) is 5.91 Å². The number of hydrogen-bond donors (Lipinski definition) is 1. The Kier molecular flexibility index (Phi) is 5.16. The normalized spacial score (nSPS) is 10.8. The van der Waals surface area contributed by atoms with Gasteiger partial charge in [0.15, 0.2) is 11.6 Å². The number of carbonyl (C=O) groups is 1. The lowest BCUT2D eigenvalue weighted by molar-refractivity contribution is 0.0941. The highest BCUT2D eigenvalue weighted by molar-refractivity contribution is 5.94. The topological polar surface area (TPSA) is 34.0 Å². The van der Waals surface area contributed by atoms with Gasteiger partial charge in [-0.3, -0.25) is 4.79 Å². The lowest BCUT2D eigenvalue weighted by atomic mass is 10.2. The van der Waals surface area contributed by atoms with Gasteiger partial charge in [0, 0.05) is 18.8 Å². The lowest BCUT2D eigenvalue weighted by Gasteiger charge is -2.13. The molecule has 0 spiro atoms. The van der Waals surface area contributed by atoms with Gasteiger partial charge in [0.05, 0.1) is 0 Å². The molecule has 1 heterocycles. The van der Waals surface area contributed by atoms with Gasteiger partial charge in [0.1, 0.15) is 5.69 Å². The van der Waals surface area contributed by atoms with Crippen LogP contribution in [-0.4, -0.2) is 10.5 Å². The van der Waals surface area contributed by atoms with Crippen LogP contribution in [0.15, 0.2) is 54.6 Å². The Bertz CT molecular complexity index is 933. The van der Waals surface area contributed by atoms with E-state index in [1.54, 1.807) is 0 Å². The zero-order chi connectivity index (χ0) is 18.7. The summed E-state index contributed by atoms with van der Waals surface area (Å²) in [4.78, 5) is 12.7. The van der Waals surface area contributed by atoms with E-state index >= 15 is 0 Å². The molecule has 0 radical (unpaired) electrons. The summed E-state index contributed by atoms with van der Waals surface area (Å²) in [5.41, 5.74) is 3.87. The van der Waals surface area contributed by atoms with Crippen molar-refractivity contribution in [1.82, 2.24) is 9.88 Å². The molecular weight excluding hydrogens is 334 g/mol. The van der Waals surface area contributed by atoms with Crippen LogP contribution < -0.4 is 5.32 Å². The molecule has 0 unspecified atom stereocenters. The van der Waals surface area contributed by atoms with Crippen LogP contribution in [0, 0.1) is 25.5 Å². The maximum atomic E-state index is 13.5. The Morgan fingerprint density at radius 1 is 0.962 bits per heavy atom. The van der Waals surface area contributed by atoms with Crippen LogP contribution >= 0.6 is 0 Å². The summed E-state index contributed by atoms with van der Waals surface area (Å²) in [6.07, 6.45) is 0. The number of aryl methyl sites for hydroxylation is 2. The minimum atomic E-state index is -0.890. The van der Waals surface area contributed by atoms with Gasteiger partial charge >= 0.3 is 0 Å². The third-order valence-electron chi connectivity index (χ3n) is 4.33. The fraction of sp³-hybridized carbons (Fsp3) is 0.190. The Hall–Kier alpha value is -2.95. The van der Waals surface area contributed by atoms with Crippen molar-refractivity contribution >= 4 is 5.91 Å². The van der Waals surface area contributed by atoms with E-state index in [0.717, 1.165) is 29.0 Å². The molecule has 0 aliphatic rings. The fourth-order valence-corrected chi connectivity index (χ4v) is 3.04. The maximum Gasteiger partial charge on any atom is 0.268 e. The standard InChI is InChI=1S/C21H20F2N2O/c1-14-10-15(2)25(13-17-8-9-18(22)19(23)11-17)20(14)21(26)24-12-16-6-4-3-5-7-16/h3-11H,12-13H2,1-2H3,(H,24,26). The van der Waals surface area contributed by atoms with E-state index in [0.29, 0.717) is 24.3 Å². The number of aromatic nitrogens is 1. The molecule has 0 fully saturated rings. The number of nitrogens with one attached hydrogen (secondary N) is 1. The Morgan fingerprint density at radius 2 is 1.69 bits per heavy atom. The summed E-state index contributed by atoms with van der Waals surface area (Å²) in [6.45, 7) is 4.48. The van der Waals surface area contributed by atoms with Crippen LogP contribution in [0.3, 0.4) is 0 Å². The van der Waals surface area contributed by atoms with Crippen LogP contribution in [0.1, 0.15) is 32.9 Å². The van der Waals surface area contributed by atoms with E-state index in [-0.39, 0.29) is 5.91 Å². The molecule has 0 aliphatic heterocycles. The van der Waals surface area contributed by atoms with Gasteiger partial charge in [-0.25, -0.2) is 8.78 Å². The van der Waals surface area contributed by atoms with Crippen LogP contribution in [0.4, 0.5) is 8.78 Å². The molecule has 2 aromatic carbocycles. The summed E-state index contributed by atoms with van der Waals surface area (Å²) in [7, 11) is 0. The van der Waals surface area contributed by atoms with Crippen molar-refractivity contribution in [3.63, 3.8) is 0 Å². The summed E-state index contributed by atoms with van der Waals surface area (Å²) < 4.78 is 28.5. The lowest BCUT2D eigenvalue weighted by Crippen LogP contribution is -2.26. The molecule has 1 amide bonds. The van der Waals surface area contributed by atoms with E-state index in [1.807, 2.05) is 54.8 Å². The fourth-order valence-electron chi connectivity index (χ4n) is 3.04. The van der Waals surface area contributed by atoms with Gasteiger partial charge in [-0.15, -0.1) is 0 Å². The Labute approximate surface area is 151 Å². The van der Waals surface area contributed by atoms with Gasteiger partial charge in [0.2, 0.25) is 0 Å². The quantitative estimate of drug-likeness (QED) is 0.726. The first-order valence-electron chi connectivity index (χ1n) is 8.38. The number of carbonyl (C=O) groups excluding carboxylic acids is 1.